The summed E-state index contributed by atoms with van der Waals surface area (Å²) in [5.74, 6) is 0.749. The molecule has 0 bridgehead atoms. The quantitative estimate of drug-likeness (QED) is 0.860. The number of hydrogen-bond acceptors (Lipinski definition) is 3. The highest BCUT2D eigenvalue weighted by atomic mass is 35.5. The molecule has 0 aliphatic heterocycles. The molecule has 21 heavy (non-hydrogen) atoms. The van der Waals surface area contributed by atoms with Gasteiger partial charge in [0.15, 0.2) is 0 Å². The number of benzene rings is 1. The molecular formula is C16H18Cl2N2O. The van der Waals surface area contributed by atoms with Gasteiger partial charge in [-0.1, -0.05) is 23.7 Å². The lowest BCUT2D eigenvalue weighted by Crippen LogP contribution is -2.12. The zero-order valence-electron chi connectivity index (χ0n) is 11.9. The lowest BCUT2D eigenvalue weighted by molar-refractivity contribution is 0.308. The van der Waals surface area contributed by atoms with E-state index in [0.717, 1.165) is 34.7 Å². The number of alkyl halides is 1. The van der Waals surface area contributed by atoms with Crippen LogP contribution in [0.4, 0.5) is 0 Å². The van der Waals surface area contributed by atoms with Crippen LogP contribution in [0.1, 0.15) is 12.8 Å². The number of nitrogens with two attached hydrogens (primary N) is 1. The third kappa shape index (κ3) is 4.60. The first-order valence-corrected chi connectivity index (χ1v) is 7.51. The third-order valence-electron chi connectivity index (χ3n) is 3.18. The molecule has 1 fully saturated rings. The molecule has 5 heteroatoms. The zero-order valence-corrected chi connectivity index (χ0v) is 13.4. The van der Waals surface area contributed by atoms with Gasteiger partial charge in [-0.15, -0.1) is 11.6 Å². The summed E-state index contributed by atoms with van der Waals surface area (Å²) in [5, 5.41) is 0.724. The minimum atomic E-state index is -0.143. The Hall–Kier alpha value is -1.29. The van der Waals surface area contributed by atoms with E-state index in [4.69, 9.17) is 27.9 Å². The lowest BCUT2D eigenvalue weighted by Gasteiger charge is -2.10. The van der Waals surface area contributed by atoms with Crippen LogP contribution in [0.5, 0.6) is 5.75 Å². The third-order valence-corrected chi connectivity index (χ3v) is 3.92. The molecule has 0 amide bonds. The largest absolute Gasteiger partial charge is 0.490 e. The van der Waals surface area contributed by atoms with Crippen molar-refractivity contribution in [3.63, 3.8) is 0 Å². The van der Waals surface area contributed by atoms with Crippen molar-refractivity contribution in [2.45, 2.75) is 17.7 Å². The molecule has 3 nitrogen and oxygen atoms in total. The van der Waals surface area contributed by atoms with E-state index < -0.39 is 0 Å². The number of rotatable bonds is 4. The first kappa shape index (κ1) is 16.1. The molecule has 1 aromatic heterocycles. The minimum Gasteiger partial charge on any atom is -0.490 e. The predicted octanol–water partition coefficient (Wildman–Crippen LogP) is 4.13. The molecule has 3 rings (SSSR count). The first-order valence-electron chi connectivity index (χ1n) is 6.75. The van der Waals surface area contributed by atoms with Gasteiger partial charge in [0.1, 0.15) is 12.4 Å². The second-order valence-corrected chi connectivity index (χ2v) is 6.09. The van der Waals surface area contributed by atoms with Crippen LogP contribution >= 0.6 is 23.2 Å². The van der Waals surface area contributed by atoms with Crippen molar-refractivity contribution >= 4 is 23.2 Å². The molecule has 1 aliphatic carbocycles. The summed E-state index contributed by atoms with van der Waals surface area (Å²) in [6, 6.07) is 9.63. The maximum Gasteiger partial charge on any atom is 0.138 e. The van der Waals surface area contributed by atoms with Crippen LogP contribution in [0.3, 0.4) is 0 Å². The average Bonchev–Trinajstić information content (AvgIpc) is 3.27. The summed E-state index contributed by atoms with van der Waals surface area (Å²) in [7, 11) is 1.50. The monoisotopic (exact) mass is 324 g/mol. The van der Waals surface area contributed by atoms with Crippen molar-refractivity contribution in [2.24, 2.45) is 5.73 Å². The van der Waals surface area contributed by atoms with E-state index in [9.17, 15) is 0 Å². The van der Waals surface area contributed by atoms with Crippen molar-refractivity contribution in [3.8, 4) is 16.9 Å². The Bertz CT molecular complexity index is 583. The van der Waals surface area contributed by atoms with Crippen LogP contribution in [0, 0.1) is 0 Å². The fraction of sp³-hybridized carbons (Fsp3) is 0.312. The van der Waals surface area contributed by atoms with Crippen LogP contribution in [-0.4, -0.2) is 23.5 Å². The maximum absolute atomic E-state index is 6.21. The van der Waals surface area contributed by atoms with Gasteiger partial charge in [-0.05, 0) is 43.7 Å². The Balaban J connectivity index is 0.000000774. The number of halogens is 2. The van der Waals surface area contributed by atoms with Crippen LogP contribution < -0.4 is 10.5 Å². The van der Waals surface area contributed by atoms with Crippen molar-refractivity contribution in [2.75, 3.05) is 13.7 Å². The molecule has 1 heterocycles. The fourth-order valence-electron chi connectivity index (χ4n) is 1.79. The van der Waals surface area contributed by atoms with Crippen LogP contribution in [-0.2, 0) is 0 Å². The second kappa shape index (κ2) is 7.12. The Morgan fingerprint density at radius 1 is 1.14 bits per heavy atom. The van der Waals surface area contributed by atoms with E-state index in [1.807, 2.05) is 36.5 Å². The Morgan fingerprint density at radius 3 is 2.43 bits per heavy atom. The molecule has 0 atom stereocenters. The summed E-state index contributed by atoms with van der Waals surface area (Å²) in [4.78, 5) is 4.06. The van der Waals surface area contributed by atoms with Gasteiger partial charge < -0.3 is 10.5 Å². The molecule has 1 aliphatic rings. The van der Waals surface area contributed by atoms with Crippen molar-refractivity contribution in [1.82, 2.24) is 4.98 Å². The van der Waals surface area contributed by atoms with Gasteiger partial charge in [0, 0.05) is 16.8 Å². The zero-order chi connectivity index (χ0) is 15.3. The standard InChI is InChI=1S/C15H13Cl2NO.CH5N/c16-13-3-1-11(2-4-13)12-7-14(9-18-8-12)19-10-15(17)5-6-15;1-2/h1-4,7-9H,5-6,10H2;2H2,1H3. The summed E-state index contributed by atoms with van der Waals surface area (Å²) >= 11 is 12.1. The minimum absolute atomic E-state index is 0.143. The summed E-state index contributed by atoms with van der Waals surface area (Å²) in [6.45, 7) is 0.542. The number of hydrogen-bond donors (Lipinski definition) is 1. The van der Waals surface area contributed by atoms with Crippen molar-refractivity contribution in [1.29, 1.82) is 0 Å². The molecule has 0 saturated heterocycles. The van der Waals surface area contributed by atoms with E-state index in [1.165, 1.54) is 7.05 Å². The number of aromatic nitrogens is 1. The number of pyridine rings is 1. The number of ether oxygens (including phenoxy) is 1. The topological polar surface area (TPSA) is 48.1 Å². The maximum atomic E-state index is 6.21. The van der Waals surface area contributed by atoms with Gasteiger partial charge in [-0.3, -0.25) is 4.98 Å². The van der Waals surface area contributed by atoms with Crippen LogP contribution in [0.15, 0.2) is 42.7 Å². The van der Waals surface area contributed by atoms with Crippen LogP contribution in [0.2, 0.25) is 5.02 Å². The van der Waals surface area contributed by atoms with Gasteiger partial charge in [0.2, 0.25) is 0 Å². The van der Waals surface area contributed by atoms with E-state index in [1.54, 1.807) is 6.20 Å². The highest BCUT2D eigenvalue weighted by Crippen LogP contribution is 2.42. The van der Waals surface area contributed by atoms with Gasteiger partial charge >= 0.3 is 0 Å². The number of nitrogens with zero attached hydrogens (tertiary/aromatic N) is 1. The highest BCUT2D eigenvalue weighted by molar-refractivity contribution is 6.30. The molecule has 1 saturated carbocycles. The highest BCUT2D eigenvalue weighted by Gasteiger charge is 2.41. The molecule has 2 aromatic rings. The molecule has 0 unspecified atom stereocenters. The second-order valence-electron chi connectivity index (χ2n) is 4.86. The molecule has 0 spiro atoms. The molecule has 0 radical (unpaired) electrons. The Labute approximate surface area is 135 Å². The summed E-state index contributed by atoms with van der Waals surface area (Å²) in [5.41, 5.74) is 6.57. The van der Waals surface area contributed by atoms with E-state index >= 15 is 0 Å². The fourth-order valence-corrected chi connectivity index (χ4v) is 2.07. The SMILES string of the molecule is CN.Clc1ccc(-c2cncc(OCC3(Cl)CC3)c2)cc1. The van der Waals surface area contributed by atoms with E-state index in [-0.39, 0.29) is 4.87 Å². The van der Waals surface area contributed by atoms with Gasteiger partial charge in [0.25, 0.3) is 0 Å². The summed E-state index contributed by atoms with van der Waals surface area (Å²) < 4.78 is 5.70. The molecule has 2 N–H and O–H groups in total. The Kier molecular flexibility index (Phi) is 5.45. The average molecular weight is 325 g/mol. The smallest absolute Gasteiger partial charge is 0.138 e. The molecular weight excluding hydrogens is 307 g/mol. The summed E-state index contributed by atoms with van der Waals surface area (Å²) in [6.07, 6.45) is 5.57. The normalized spacial score (nSPS) is 14.9. The predicted molar refractivity (Wildman–Crippen MR) is 88.1 cm³/mol. The van der Waals surface area contributed by atoms with Gasteiger partial charge in [-0.2, -0.15) is 0 Å². The van der Waals surface area contributed by atoms with Crippen molar-refractivity contribution < 1.29 is 4.74 Å². The van der Waals surface area contributed by atoms with E-state index in [2.05, 4.69) is 10.7 Å². The lowest BCUT2D eigenvalue weighted by atomic mass is 10.1. The molecule has 1 aromatic carbocycles. The van der Waals surface area contributed by atoms with Crippen LogP contribution in [0.25, 0.3) is 11.1 Å². The van der Waals surface area contributed by atoms with Gasteiger partial charge in [0.05, 0.1) is 11.1 Å². The first-order chi connectivity index (χ1) is 10.1. The molecule has 112 valence electrons. The van der Waals surface area contributed by atoms with Gasteiger partial charge in [-0.25, -0.2) is 0 Å². The van der Waals surface area contributed by atoms with E-state index in [0.29, 0.717) is 6.61 Å². The Morgan fingerprint density at radius 2 is 1.81 bits per heavy atom. The van der Waals surface area contributed by atoms with Crippen molar-refractivity contribution in [3.05, 3.63) is 47.7 Å².